The Bertz CT molecular complexity index is 1710. The molecule has 12 heteroatoms. The molecule has 2 saturated carbocycles. The Hall–Kier alpha value is -0.746. The van der Waals surface area contributed by atoms with Crippen molar-refractivity contribution >= 4 is 45.6 Å². The number of hydrogen-bond acceptors (Lipinski definition) is 6. The van der Waals surface area contributed by atoms with Gasteiger partial charge in [0.2, 0.25) is 0 Å². The Morgan fingerprint density at radius 3 is 1.87 bits per heavy atom. The van der Waals surface area contributed by atoms with Gasteiger partial charge in [0.25, 0.3) is 0 Å². The summed E-state index contributed by atoms with van der Waals surface area (Å²) in [6.07, 6.45) is 12.9. The second kappa shape index (κ2) is 15.6. The van der Waals surface area contributed by atoms with Gasteiger partial charge in [0.05, 0.1) is 5.82 Å². The molecule has 4 aliphatic rings. The molecule has 45 heavy (non-hydrogen) atoms. The number of anilines is 2. The van der Waals surface area contributed by atoms with Gasteiger partial charge < -0.3 is 34.9 Å². The van der Waals surface area contributed by atoms with Crippen molar-refractivity contribution in [2.45, 2.75) is 75.3 Å². The number of urea groups is 1. The average Bonchev–Trinajstić information content (AvgIpc) is 3.56. The van der Waals surface area contributed by atoms with E-state index in [1.807, 2.05) is 24.5 Å². The minimum Gasteiger partial charge on any atom is -0.522 e. The standard InChI is InChI=1S/C17H16N2O2.C16H16N2O2.2W.2Y/c1-11-18-14-6-5-12-9-13(10-20)21-16(12)15(14)17(19-11)7-3-2-4-8-17;1-10-9-11-5-6-12-13(14(11)20-10)16(18-15(19)17-12)7-3-2-4-8-16;;;;/h5,9,18-19H,1-4,7-8H2;5,9H,1-4,7-8H2,(H2,17,18,19);;;;/q2*-2;;;;. The van der Waals surface area contributed by atoms with Crippen LogP contribution in [0.25, 0.3) is 21.9 Å². The Balaban J connectivity index is 0.000000226. The minimum absolute atomic E-state index is 0. The van der Waals surface area contributed by atoms with Crippen molar-refractivity contribution < 1.29 is 126 Å². The molecule has 2 amide bonds. The third-order valence-corrected chi connectivity index (χ3v) is 9.00. The van der Waals surface area contributed by atoms with Gasteiger partial charge in [0.15, 0.2) is 0 Å². The fraction of sp³-hybridized carbons (Fsp3) is 0.364. The summed E-state index contributed by atoms with van der Waals surface area (Å²) in [4.78, 5) is 22.8. The Morgan fingerprint density at radius 1 is 0.778 bits per heavy atom. The molecule has 2 aromatic carbocycles. The number of benzene rings is 2. The van der Waals surface area contributed by atoms with Crippen LogP contribution in [0.15, 0.2) is 45.5 Å². The predicted octanol–water partition coefficient (Wildman–Crippen LogP) is 7.04. The molecule has 4 aromatic rings. The van der Waals surface area contributed by atoms with Gasteiger partial charge in [-0.25, -0.2) is 23.9 Å². The Kier molecular flexibility index (Phi) is 13.5. The SMILES string of the molecule is C=C1Nc2[c-]cc3cc([C-]=O)oc3c2C2(CCCCC2)N1.[CH2-]c1cc2c[c-]c3c(c2o1)C1(CCCCC1)NC(=O)N3.[W].[W].[Y].[Y]. The van der Waals surface area contributed by atoms with Crippen molar-refractivity contribution in [1.29, 1.82) is 0 Å². The van der Waals surface area contributed by atoms with Crippen LogP contribution in [-0.4, -0.2) is 12.3 Å². The summed E-state index contributed by atoms with van der Waals surface area (Å²) in [6, 6.07) is 13.7. The molecule has 0 saturated heterocycles. The van der Waals surface area contributed by atoms with Crippen LogP contribution in [0.1, 0.15) is 86.9 Å². The van der Waals surface area contributed by atoms with Crippen LogP contribution >= 0.6 is 0 Å². The molecule has 4 N–H and O–H groups in total. The van der Waals surface area contributed by atoms with Gasteiger partial charge in [-0.3, -0.25) is 0 Å². The maximum atomic E-state index is 12.0. The van der Waals surface area contributed by atoms with E-state index >= 15 is 0 Å². The van der Waals surface area contributed by atoms with E-state index in [0.717, 1.165) is 88.8 Å². The maximum Gasteiger partial charge on any atom is 0.317 e. The predicted molar refractivity (Wildman–Crippen MR) is 157 cm³/mol. The van der Waals surface area contributed by atoms with Crippen LogP contribution in [0.3, 0.4) is 0 Å². The fourth-order valence-corrected chi connectivity index (χ4v) is 7.32. The van der Waals surface area contributed by atoms with Crippen molar-refractivity contribution in [3.8, 4) is 0 Å². The molecule has 2 fully saturated rings. The molecule has 2 aliphatic carbocycles. The summed E-state index contributed by atoms with van der Waals surface area (Å²) in [7, 11) is 0. The van der Waals surface area contributed by atoms with Crippen molar-refractivity contribution in [2.24, 2.45) is 0 Å². The Labute approximate surface area is 342 Å². The van der Waals surface area contributed by atoms with Gasteiger partial charge >= 0.3 is 6.03 Å². The van der Waals surface area contributed by atoms with E-state index in [-0.39, 0.29) is 130 Å². The summed E-state index contributed by atoms with van der Waals surface area (Å²) in [5, 5.41) is 14.6. The van der Waals surface area contributed by atoms with E-state index in [9.17, 15) is 9.59 Å². The smallest absolute Gasteiger partial charge is 0.317 e. The van der Waals surface area contributed by atoms with Crippen LogP contribution in [0.4, 0.5) is 16.2 Å². The first-order valence-electron chi connectivity index (χ1n) is 14.4. The molecule has 2 aliphatic heterocycles. The van der Waals surface area contributed by atoms with E-state index in [4.69, 9.17) is 8.83 Å². The van der Waals surface area contributed by atoms with Crippen LogP contribution < -0.4 is 21.3 Å². The third kappa shape index (κ3) is 7.18. The first kappa shape index (κ1) is 38.7. The summed E-state index contributed by atoms with van der Waals surface area (Å²) < 4.78 is 11.5. The Morgan fingerprint density at radius 2 is 1.29 bits per heavy atom. The molecule has 8 nitrogen and oxygen atoms in total. The summed E-state index contributed by atoms with van der Waals surface area (Å²) in [6.45, 7) is 7.90. The summed E-state index contributed by atoms with van der Waals surface area (Å²) >= 11 is 0. The molecular weight excluding hydrogens is 1060 g/mol. The van der Waals surface area contributed by atoms with Crippen LogP contribution in [0.2, 0.25) is 0 Å². The molecule has 230 valence electrons. The van der Waals surface area contributed by atoms with Crippen molar-refractivity contribution in [3.63, 3.8) is 0 Å². The van der Waals surface area contributed by atoms with Gasteiger partial charge in [-0.2, -0.15) is 35.0 Å². The number of carbonyl (C=O) groups is 1. The number of furan rings is 2. The quantitative estimate of drug-likeness (QED) is 0.153. The average molecular weight is 1090 g/mol. The van der Waals surface area contributed by atoms with E-state index in [1.54, 1.807) is 6.07 Å². The number of carbonyl (C=O) groups excluding carboxylic acids is 2. The second-order valence-corrected chi connectivity index (χ2v) is 11.7. The molecule has 0 atom stereocenters. The molecule has 8 rings (SSSR count). The monoisotopic (exact) mass is 1090 g/mol. The molecule has 0 bridgehead atoms. The first-order chi connectivity index (χ1) is 19.9. The normalized spacial score (nSPS) is 18.4. The molecular formula is C33H32N4O4W2Y2-4. The maximum absolute atomic E-state index is 12.0. The number of hydrogen-bond donors (Lipinski definition) is 4. The summed E-state index contributed by atoms with van der Waals surface area (Å²) in [5.41, 5.74) is 4.89. The van der Waals surface area contributed by atoms with E-state index in [0.29, 0.717) is 5.76 Å². The number of fused-ring (bicyclic) bond motifs is 8. The largest absolute Gasteiger partial charge is 0.522 e. The zero-order valence-electron chi connectivity index (χ0n) is 24.9. The molecule has 2 aromatic heterocycles. The molecule has 4 heterocycles. The molecule has 2 radical (unpaired) electrons. The van der Waals surface area contributed by atoms with Crippen LogP contribution in [-0.2, 0) is 123 Å². The first-order valence-corrected chi connectivity index (χ1v) is 14.4. The van der Waals surface area contributed by atoms with Gasteiger partial charge in [-0.1, -0.05) is 73.4 Å². The van der Waals surface area contributed by atoms with Crippen molar-refractivity contribution in [1.82, 2.24) is 10.6 Å². The second-order valence-electron chi connectivity index (χ2n) is 11.7. The number of amides is 2. The summed E-state index contributed by atoms with van der Waals surface area (Å²) in [5.74, 6) is 1.68. The molecule has 2 spiro atoms. The minimum atomic E-state index is -0.309. The fourth-order valence-electron chi connectivity index (χ4n) is 7.32. The van der Waals surface area contributed by atoms with E-state index in [1.165, 1.54) is 25.7 Å². The zero-order valence-corrected chi connectivity index (χ0v) is 36.4. The molecule has 0 unspecified atom stereocenters. The van der Waals surface area contributed by atoms with Gasteiger partial charge in [-0.05, 0) is 31.4 Å². The van der Waals surface area contributed by atoms with Gasteiger partial charge in [-0.15, -0.1) is 0 Å². The van der Waals surface area contributed by atoms with Crippen LogP contribution in [0, 0.1) is 19.1 Å². The third-order valence-electron chi connectivity index (χ3n) is 9.00. The van der Waals surface area contributed by atoms with Crippen LogP contribution in [0.5, 0.6) is 0 Å². The topological polar surface area (TPSA) is 109 Å². The van der Waals surface area contributed by atoms with Crippen molar-refractivity contribution in [2.75, 3.05) is 10.6 Å². The number of rotatable bonds is 1. The number of nitrogens with one attached hydrogen (secondary N) is 4. The zero-order chi connectivity index (χ0) is 28.2. The van der Waals surface area contributed by atoms with Gasteiger partial charge in [0, 0.05) is 136 Å². The van der Waals surface area contributed by atoms with Gasteiger partial charge in [0.1, 0.15) is 0 Å². The van der Waals surface area contributed by atoms with E-state index < -0.39 is 0 Å². The van der Waals surface area contributed by atoms with Crippen molar-refractivity contribution in [3.05, 3.63) is 78.4 Å². The van der Waals surface area contributed by atoms with E-state index in [2.05, 4.69) is 46.9 Å².